The Morgan fingerprint density at radius 1 is 0.727 bits per heavy atom. The Labute approximate surface area is 455 Å². The van der Waals surface area contributed by atoms with Crippen LogP contribution in [0.4, 0.5) is 9.59 Å². The molecule has 0 spiro atoms. The highest BCUT2D eigenvalue weighted by molar-refractivity contribution is 5.96. The van der Waals surface area contributed by atoms with Crippen molar-refractivity contribution in [2.75, 3.05) is 47.6 Å². The topological polar surface area (TPSA) is 226 Å². The number of hydrogen-bond acceptors (Lipinski definition) is 14. The van der Waals surface area contributed by atoms with Crippen LogP contribution < -0.4 is 30.7 Å². The zero-order valence-electron chi connectivity index (χ0n) is 47.6. The van der Waals surface area contributed by atoms with E-state index in [9.17, 15) is 24.0 Å². The number of fused-ring (bicyclic) bond motifs is 5. The van der Waals surface area contributed by atoms with Crippen molar-refractivity contribution < 1.29 is 62.0 Å². The zero-order chi connectivity index (χ0) is 56.9. The number of rotatable bonds is 24. The number of nitrogens with zero attached hydrogens (tertiary/aromatic N) is 1. The maximum Gasteiger partial charge on any atom is 0.407 e. The van der Waals surface area contributed by atoms with Gasteiger partial charge in [-0.2, -0.15) is 0 Å². The van der Waals surface area contributed by atoms with Crippen molar-refractivity contribution >= 4 is 41.7 Å². The first-order valence-corrected chi connectivity index (χ1v) is 27.1. The summed E-state index contributed by atoms with van der Waals surface area (Å²) in [4.78, 5) is 97.5. The van der Waals surface area contributed by atoms with Crippen molar-refractivity contribution in [1.29, 1.82) is 0 Å². The summed E-state index contributed by atoms with van der Waals surface area (Å²) in [6, 6.07) is 12.6. The second-order valence-corrected chi connectivity index (χ2v) is 21.6. The van der Waals surface area contributed by atoms with Crippen LogP contribution in [0.25, 0.3) is 11.1 Å². The lowest BCUT2D eigenvalue weighted by molar-refractivity contribution is -0.146. The molecule has 424 valence electrons. The third-order valence-electron chi connectivity index (χ3n) is 12.7. The van der Waals surface area contributed by atoms with Gasteiger partial charge in [0.2, 0.25) is 11.8 Å². The summed E-state index contributed by atoms with van der Waals surface area (Å²) < 4.78 is 33.9. The number of ether oxygens (including phenoxy) is 6. The molecule has 0 saturated heterocycles. The highest BCUT2D eigenvalue weighted by Crippen LogP contribution is 2.41. The van der Waals surface area contributed by atoms with Crippen molar-refractivity contribution in [3.8, 4) is 22.6 Å². The average molecular weight is 1070 g/mol. The summed E-state index contributed by atoms with van der Waals surface area (Å²) >= 11 is 0. The van der Waals surface area contributed by atoms with E-state index in [1.807, 2.05) is 19.1 Å². The molecule has 0 aliphatic carbocycles. The molecule has 0 fully saturated rings. The van der Waals surface area contributed by atoms with Crippen LogP contribution in [0, 0.1) is 5.92 Å². The average Bonchev–Trinajstić information content (AvgIpc) is 3.37. The maximum atomic E-state index is 15.3. The predicted octanol–water partition coefficient (Wildman–Crippen LogP) is 9.12. The van der Waals surface area contributed by atoms with Crippen LogP contribution in [0.5, 0.6) is 11.5 Å². The van der Waals surface area contributed by atoms with E-state index in [-0.39, 0.29) is 45.5 Å². The Bertz CT molecular complexity index is 2480. The van der Waals surface area contributed by atoms with Crippen LogP contribution >= 0.6 is 0 Å². The normalized spacial score (nSPS) is 16.2. The number of likely N-dealkylation sites (N-methyl/N-ethyl adjacent to an activating group) is 1. The number of Topliss-reactive ketones (excluding diaryl/α,β-unsaturated/α-hetero) is 1. The molecule has 0 saturated carbocycles. The molecule has 0 aromatic heterocycles. The largest absolute Gasteiger partial charge is 0.493 e. The van der Waals surface area contributed by atoms with Gasteiger partial charge >= 0.3 is 24.1 Å². The lowest BCUT2D eigenvalue weighted by atomic mass is 9.89. The number of hydrogen-bond donors (Lipinski definition) is 4. The minimum Gasteiger partial charge on any atom is -0.493 e. The fourth-order valence-corrected chi connectivity index (χ4v) is 8.87. The molecule has 1 aliphatic rings. The fraction of sp³-hybridized carbons (Fsp3) is 0.576. The standard InChI is InChI=1S/C59H85N5O13/c1-13-15-16-17-18-19-20-39-21-24-43(54(68)72-11)42(33-39)37-62-46(27-28-60-56(70)76-58(4,5)6)53(67)64(10)51-41-23-26-50(74-30-14-2)45(36-41)44-34-40(22-25-49(44)75-31-29-61-57(71)77-59(7,8)9)35-47(55(69)73-12)63-52(66)38(3)32-48(51)65/h21-26,33-34,36,38,46-47,51,62H,13-20,27-32,35,37H2,1-12H3,(H,60,70)(H,61,71)(H,63,66)/t38-,46+,47+,51+/m1/s1. The van der Waals surface area contributed by atoms with Crippen LogP contribution in [0.2, 0.25) is 0 Å². The highest BCUT2D eigenvalue weighted by atomic mass is 16.6. The zero-order valence-corrected chi connectivity index (χ0v) is 47.6. The fourth-order valence-electron chi connectivity index (χ4n) is 8.87. The Kier molecular flexibility index (Phi) is 24.7. The van der Waals surface area contributed by atoms with E-state index in [1.165, 1.54) is 39.0 Å². The summed E-state index contributed by atoms with van der Waals surface area (Å²) in [6.45, 7) is 16.7. The minimum absolute atomic E-state index is 0.00864. The van der Waals surface area contributed by atoms with Gasteiger partial charge in [-0.1, -0.05) is 77.1 Å². The molecule has 0 radical (unpaired) electrons. The highest BCUT2D eigenvalue weighted by Gasteiger charge is 2.36. The lowest BCUT2D eigenvalue weighted by Crippen LogP contribution is -2.49. The minimum atomic E-state index is -1.30. The van der Waals surface area contributed by atoms with Crippen molar-refractivity contribution in [2.45, 2.75) is 169 Å². The Balaban J connectivity index is 1.85. The Morgan fingerprint density at radius 3 is 1.99 bits per heavy atom. The molecule has 1 heterocycles. The number of aryl methyl sites for hydroxylation is 1. The number of unbranched alkanes of at least 4 members (excludes halogenated alkanes) is 5. The van der Waals surface area contributed by atoms with Gasteiger partial charge in [-0.15, -0.1) is 0 Å². The quantitative estimate of drug-likeness (QED) is 0.0373. The number of esters is 2. The van der Waals surface area contributed by atoms with E-state index in [4.69, 9.17) is 28.4 Å². The Hall–Kier alpha value is -6.69. The van der Waals surface area contributed by atoms with Gasteiger partial charge in [0.05, 0.1) is 39.0 Å². The third-order valence-corrected chi connectivity index (χ3v) is 12.7. The smallest absolute Gasteiger partial charge is 0.407 e. The molecule has 18 nitrogen and oxygen atoms in total. The molecule has 18 heteroatoms. The molecular formula is C59H85N5O13. The number of carbonyl (C=O) groups is 7. The van der Waals surface area contributed by atoms with Crippen LogP contribution in [-0.2, 0) is 57.5 Å². The number of methoxy groups -OCH3 is 2. The van der Waals surface area contributed by atoms with Gasteiger partial charge in [-0.3, -0.25) is 14.4 Å². The maximum absolute atomic E-state index is 15.3. The Morgan fingerprint density at radius 2 is 1.35 bits per heavy atom. The van der Waals surface area contributed by atoms with Gasteiger partial charge in [0.25, 0.3) is 0 Å². The van der Waals surface area contributed by atoms with Crippen LogP contribution in [0.1, 0.15) is 159 Å². The molecule has 4 rings (SSSR count). The molecular weight excluding hydrogens is 987 g/mol. The first kappa shape index (κ1) is 62.8. The molecule has 4 atom stereocenters. The summed E-state index contributed by atoms with van der Waals surface area (Å²) in [6.07, 6.45) is 6.61. The van der Waals surface area contributed by atoms with Gasteiger partial charge in [0.15, 0.2) is 5.78 Å². The molecule has 77 heavy (non-hydrogen) atoms. The van der Waals surface area contributed by atoms with Gasteiger partial charge in [-0.25, -0.2) is 19.2 Å². The van der Waals surface area contributed by atoms with Gasteiger partial charge in [0.1, 0.15) is 41.4 Å². The van der Waals surface area contributed by atoms with Gasteiger partial charge in [0, 0.05) is 50.0 Å². The summed E-state index contributed by atoms with van der Waals surface area (Å²) in [5, 5.41) is 11.6. The third kappa shape index (κ3) is 20.3. The predicted molar refractivity (Wildman–Crippen MR) is 294 cm³/mol. The molecule has 3 aromatic carbocycles. The van der Waals surface area contributed by atoms with E-state index < -0.39 is 77.0 Å². The number of ketones is 1. The number of nitrogens with one attached hydrogen (secondary N) is 4. The van der Waals surface area contributed by atoms with E-state index in [2.05, 4.69) is 28.2 Å². The number of amides is 4. The van der Waals surface area contributed by atoms with Gasteiger partial charge < -0.3 is 54.6 Å². The number of benzene rings is 3. The van der Waals surface area contributed by atoms with E-state index in [0.29, 0.717) is 57.9 Å². The molecule has 4 N–H and O–H groups in total. The first-order chi connectivity index (χ1) is 36.5. The molecule has 3 aromatic rings. The molecule has 4 bridgehead atoms. The molecule has 0 unspecified atom stereocenters. The first-order valence-electron chi connectivity index (χ1n) is 27.1. The lowest BCUT2D eigenvalue weighted by Gasteiger charge is -2.33. The van der Waals surface area contributed by atoms with Crippen molar-refractivity contribution in [3.05, 3.63) is 82.4 Å². The van der Waals surface area contributed by atoms with E-state index in [0.717, 1.165) is 37.7 Å². The van der Waals surface area contributed by atoms with Crippen molar-refractivity contribution in [1.82, 2.24) is 26.2 Å². The second-order valence-electron chi connectivity index (χ2n) is 21.6. The summed E-state index contributed by atoms with van der Waals surface area (Å²) in [7, 11) is 4.05. The van der Waals surface area contributed by atoms with Gasteiger partial charge in [-0.05, 0) is 120 Å². The van der Waals surface area contributed by atoms with Crippen LogP contribution in [0.15, 0.2) is 54.6 Å². The van der Waals surface area contributed by atoms with Crippen molar-refractivity contribution in [2.24, 2.45) is 5.92 Å². The van der Waals surface area contributed by atoms with Crippen LogP contribution in [-0.4, -0.2) is 117 Å². The number of carbonyl (C=O) groups excluding carboxylic acids is 7. The van der Waals surface area contributed by atoms with E-state index in [1.54, 1.807) is 90.9 Å². The van der Waals surface area contributed by atoms with E-state index >= 15 is 9.59 Å². The summed E-state index contributed by atoms with van der Waals surface area (Å²) in [5.74, 6) is -2.97. The SMILES string of the molecule is CCCCCCCCc1ccc(C(=O)OC)c(CN[C@@H](CCNC(=O)OC(C)(C)C)C(=O)N(C)[C@@H]2C(=O)C[C@@H](C)C(=O)N[C@H](C(=O)OC)Cc3ccc(OCCNC(=O)OC(C)(C)C)c(c3)-c3cc2ccc3OCCC)c1. The van der Waals surface area contributed by atoms with Crippen LogP contribution in [0.3, 0.4) is 0 Å². The monoisotopic (exact) mass is 1070 g/mol. The molecule has 1 aliphatic heterocycles. The second kappa shape index (κ2) is 30.3. The molecule has 4 amide bonds. The summed E-state index contributed by atoms with van der Waals surface area (Å²) in [5.41, 5.74) is 2.48. The van der Waals surface area contributed by atoms with Crippen molar-refractivity contribution in [3.63, 3.8) is 0 Å². The number of alkyl carbamates (subject to hydrolysis) is 2.